The Bertz CT molecular complexity index is 614. The molecule has 0 spiro atoms. The van der Waals surface area contributed by atoms with Crippen molar-refractivity contribution in [1.29, 1.82) is 0 Å². The van der Waals surface area contributed by atoms with Crippen molar-refractivity contribution in [2.24, 2.45) is 0 Å². The van der Waals surface area contributed by atoms with E-state index in [0.717, 1.165) is 11.3 Å². The molecule has 19 heavy (non-hydrogen) atoms. The quantitative estimate of drug-likeness (QED) is 0.805. The molecule has 0 aromatic carbocycles. The van der Waals surface area contributed by atoms with Crippen molar-refractivity contribution in [1.82, 2.24) is 4.31 Å². The number of thiophene rings is 1. The first kappa shape index (κ1) is 14.9. The Balaban J connectivity index is 2.32. The number of rotatable bonds is 3. The summed E-state index contributed by atoms with van der Waals surface area (Å²) in [7, 11) is -2.46. The number of carbonyl (C=O) groups excluding carboxylic acids is 1. The zero-order valence-corrected chi connectivity index (χ0v) is 13.4. The summed E-state index contributed by atoms with van der Waals surface area (Å²) < 4.78 is 30.6. The summed E-state index contributed by atoms with van der Waals surface area (Å²) in [6, 6.07) is 1.28. The van der Waals surface area contributed by atoms with Crippen molar-refractivity contribution in [2.45, 2.75) is 17.4 Å². The molecule has 0 radical (unpaired) electrons. The maximum absolute atomic E-state index is 12.3. The molecule has 0 unspecified atom stereocenters. The number of esters is 1. The smallest absolute Gasteiger partial charge is 0.348 e. The molecule has 1 fully saturated rings. The van der Waals surface area contributed by atoms with Crippen LogP contribution in [0.3, 0.4) is 0 Å². The van der Waals surface area contributed by atoms with Crippen LogP contribution in [-0.4, -0.2) is 49.6 Å². The van der Waals surface area contributed by atoms with Crippen molar-refractivity contribution in [2.75, 3.05) is 20.2 Å². The molecule has 1 N–H and O–H groups in total. The van der Waals surface area contributed by atoms with E-state index in [1.165, 1.54) is 17.5 Å². The molecule has 1 aromatic rings. The average molecular weight is 370 g/mol. The molecular formula is C10H12BrNO5S2. The van der Waals surface area contributed by atoms with Crippen LogP contribution in [0.2, 0.25) is 0 Å². The molecule has 0 atom stereocenters. The second-order valence-corrected chi connectivity index (χ2v) is 8.79. The van der Waals surface area contributed by atoms with Gasteiger partial charge in [-0.1, -0.05) is 0 Å². The van der Waals surface area contributed by atoms with Crippen molar-refractivity contribution in [3.8, 4) is 0 Å². The minimum absolute atomic E-state index is 0.0217. The molecule has 2 rings (SSSR count). The number of nitrogens with zero attached hydrogens (tertiary/aromatic N) is 1. The van der Waals surface area contributed by atoms with E-state index in [0.29, 0.717) is 3.79 Å². The third-order valence-electron chi connectivity index (χ3n) is 2.69. The van der Waals surface area contributed by atoms with E-state index in [2.05, 4.69) is 20.7 Å². The van der Waals surface area contributed by atoms with Crippen LogP contribution in [0.4, 0.5) is 0 Å². The molecule has 1 aliphatic heterocycles. The molecule has 0 aliphatic carbocycles. The van der Waals surface area contributed by atoms with Crippen molar-refractivity contribution >= 4 is 43.3 Å². The Morgan fingerprint density at radius 1 is 1.58 bits per heavy atom. The highest BCUT2D eigenvalue weighted by Gasteiger charge is 2.45. The summed E-state index contributed by atoms with van der Waals surface area (Å²) in [5.41, 5.74) is -0.985. The molecule has 106 valence electrons. The summed E-state index contributed by atoms with van der Waals surface area (Å²) in [6.07, 6.45) is 0. The lowest BCUT2D eigenvalue weighted by Crippen LogP contribution is -2.61. The highest BCUT2D eigenvalue weighted by atomic mass is 79.9. The molecule has 1 saturated heterocycles. The summed E-state index contributed by atoms with van der Waals surface area (Å²) in [5, 5.41) is 9.61. The maximum atomic E-state index is 12.3. The van der Waals surface area contributed by atoms with Crippen molar-refractivity contribution in [3.63, 3.8) is 0 Å². The van der Waals surface area contributed by atoms with Crippen LogP contribution in [0.1, 0.15) is 16.6 Å². The number of carbonyl (C=O) groups is 1. The van der Waals surface area contributed by atoms with Gasteiger partial charge >= 0.3 is 5.97 Å². The van der Waals surface area contributed by atoms with E-state index in [4.69, 9.17) is 0 Å². The van der Waals surface area contributed by atoms with Gasteiger partial charge in [0.1, 0.15) is 9.77 Å². The standard InChI is InChI=1S/C10H12BrNO5S2/c1-10(14)4-12(5-10)19(15,16)7-3-6(9(13)17-2)18-8(7)11/h3,14H,4-5H2,1-2H3. The zero-order valence-electron chi connectivity index (χ0n) is 10.2. The van der Waals surface area contributed by atoms with E-state index < -0.39 is 21.6 Å². The van der Waals surface area contributed by atoms with Crippen LogP contribution in [0.25, 0.3) is 0 Å². The van der Waals surface area contributed by atoms with Crippen LogP contribution in [0.15, 0.2) is 14.7 Å². The van der Waals surface area contributed by atoms with Crippen molar-refractivity contribution < 1.29 is 23.1 Å². The monoisotopic (exact) mass is 369 g/mol. The van der Waals surface area contributed by atoms with E-state index in [1.54, 1.807) is 6.92 Å². The summed E-state index contributed by atoms with van der Waals surface area (Å²) in [5.74, 6) is -0.581. The van der Waals surface area contributed by atoms with E-state index in [1.807, 2.05) is 0 Å². The maximum Gasteiger partial charge on any atom is 0.348 e. The van der Waals surface area contributed by atoms with Gasteiger partial charge in [-0.15, -0.1) is 11.3 Å². The van der Waals surface area contributed by atoms with E-state index in [9.17, 15) is 18.3 Å². The first-order valence-corrected chi connectivity index (χ1v) is 8.32. The van der Waals surface area contributed by atoms with Gasteiger partial charge in [-0.05, 0) is 28.9 Å². The van der Waals surface area contributed by atoms with Gasteiger partial charge in [0.05, 0.1) is 16.5 Å². The van der Waals surface area contributed by atoms with Crippen molar-refractivity contribution in [3.05, 3.63) is 14.7 Å². The number of hydrogen-bond acceptors (Lipinski definition) is 6. The Morgan fingerprint density at radius 2 is 2.16 bits per heavy atom. The van der Waals surface area contributed by atoms with Crippen LogP contribution in [-0.2, 0) is 14.8 Å². The molecular weight excluding hydrogens is 358 g/mol. The fourth-order valence-electron chi connectivity index (χ4n) is 1.75. The van der Waals surface area contributed by atoms with Crippen LogP contribution in [0, 0.1) is 0 Å². The number of sulfonamides is 1. The molecule has 1 aromatic heterocycles. The Kier molecular flexibility index (Phi) is 3.78. The van der Waals surface area contributed by atoms with Gasteiger partial charge in [-0.3, -0.25) is 0 Å². The van der Waals surface area contributed by atoms with E-state index in [-0.39, 0.29) is 22.9 Å². The highest BCUT2D eigenvalue weighted by molar-refractivity contribution is 9.11. The molecule has 0 amide bonds. The fourth-order valence-corrected chi connectivity index (χ4v) is 5.86. The second-order valence-electron chi connectivity index (χ2n) is 4.51. The minimum Gasteiger partial charge on any atom is -0.465 e. The van der Waals surface area contributed by atoms with Gasteiger partial charge in [0.2, 0.25) is 10.0 Å². The Morgan fingerprint density at radius 3 is 2.63 bits per heavy atom. The molecule has 2 heterocycles. The fraction of sp³-hybridized carbons (Fsp3) is 0.500. The normalized spacial score (nSPS) is 18.9. The van der Waals surface area contributed by atoms with Gasteiger partial charge in [0.15, 0.2) is 0 Å². The number of methoxy groups -OCH3 is 1. The van der Waals surface area contributed by atoms with Gasteiger partial charge in [-0.25, -0.2) is 13.2 Å². The Labute approximate surface area is 123 Å². The van der Waals surface area contributed by atoms with Gasteiger partial charge in [-0.2, -0.15) is 4.31 Å². The lowest BCUT2D eigenvalue weighted by molar-refractivity contribution is -0.0426. The minimum atomic E-state index is -3.70. The Hall–Kier alpha value is -0.480. The number of aliphatic hydroxyl groups is 1. The topological polar surface area (TPSA) is 83.9 Å². The number of ether oxygens (including phenoxy) is 1. The largest absolute Gasteiger partial charge is 0.465 e. The average Bonchev–Trinajstić information content (AvgIpc) is 2.67. The SMILES string of the molecule is COC(=O)c1cc(S(=O)(=O)N2CC(C)(O)C2)c(Br)s1. The van der Waals surface area contributed by atoms with Crippen LogP contribution >= 0.6 is 27.3 Å². The summed E-state index contributed by atoms with van der Waals surface area (Å²) >= 11 is 4.14. The third-order valence-corrected chi connectivity index (χ3v) is 6.72. The van der Waals surface area contributed by atoms with Crippen LogP contribution < -0.4 is 0 Å². The molecule has 0 bridgehead atoms. The number of β-amino-alcohol motifs (C(OH)–C–C–N with tert-alkyl or cyclic N) is 1. The van der Waals surface area contributed by atoms with Gasteiger partial charge < -0.3 is 9.84 Å². The second kappa shape index (κ2) is 4.81. The zero-order chi connectivity index (χ0) is 14.4. The molecule has 0 saturated carbocycles. The summed E-state index contributed by atoms with van der Waals surface area (Å²) in [4.78, 5) is 11.6. The van der Waals surface area contributed by atoms with Gasteiger partial charge in [0, 0.05) is 13.1 Å². The highest BCUT2D eigenvalue weighted by Crippen LogP contribution is 2.36. The number of hydrogen-bond donors (Lipinski definition) is 1. The lowest BCUT2D eigenvalue weighted by atomic mass is 10.0. The predicted octanol–water partition coefficient (Wildman–Crippen LogP) is 1.05. The molecule has 1 aliphatic rings. The molecule has 9 heteroatoms. The van der Waals surface area contributed by atoms with Crippen LogP contribution in [0.5, 0.6) is 0 Å². The first-order valence-electron chi connectivity index (χ1n) is 5.27. The lowest BCUT2D eigenvalue weighted by Gasteiger charge is -2.42. The third kappa shape index (κ3) is 2.70. The summed E-state index contributed by atoms with van der Waals surface area (Å²) in [6.45, 7) is 1.66. The number of halogens is 1. The molecule has 6 nitrogen and oxygen atoms in total. The van der Waals surface area contributed by atoms with E-state index >= 15 is 0 Å². The van der Waals surface area contributed by atoms with Gasteiger partial charge in [0.25, 0.3) is 0 Å². The first-order chi connectivity index (χ1) is 8.67. The predicted molar refractivity (Wildman–Crippen MR) is 72.7 cm³/mol.